The minimum atomic E-state index is 0.564. The molecule has 2 aromatic carbocycles. The maximum atomic E-state index is 5.87. The Morgan fingerprint density at radius 2 is 1.94 bits per heavy atom. The van der Waals surface area contributed by atoms with Crippen molar-refractivity contribution in [1.82, 2.24) is 25.8 Å². The number of aliphatic imine (C=N–C) groups is 1. The van der Waals surface area contributed by atoms with Crippen molar-refractivity contribution in [3.63, 3.8) is 0 Å². The fourth-order valence-electron chi connectivity index (χ4n) is 3.17. The van der Waals surface area contributed by atoms with Crippen molar-refractivity contribution in [2.75, 3.05) is 26.7 Å². The summed E-state index contributed by atoms with van der Waals surface area (Å²) in [5.74, 6) is 3.64. The van der Waals surface area contributed by atoms with Gasteiger partial charge in [0.15, 0.2) is 11.7 Å². The molecule has 0 bridgehead atoms. The van der Waals surface area contributed by atoms with E-state index >= 15 is 0 Å². The molecular weight excluding hydrogens is 392 g/mol. The van der Waals surface area contributed by atoms with Crippen LogP contribution in [-0.4, -0.2) is 47.9 Å². The van der Waals surface area contributed by atoms with Crippen molar-refractivity contribution in [3.8, 4) is 17.3 Å². The number of benzene rings is 2. The second kappa shape index (κ2) is 10.3. The van der Waals surface area contributed by atoms with E-state index < -0.39 is 0 Å². The van der Waals surface area contributed by atoms with Crippen LogP contribution in [0.3, 0.4) is 0 Å². The fourth-order valence-corrected chi connectivity index (χ4v) is 3.17. The quantitative estimate of drug-likeness (QED) is 0.219. The second-order valence-electron chi connectivity index (χ2n) is 6.97. The lowest BCUT2D eigenvalue weighted by Gasteiger charge is -2.12. The lowest BCUT2D eigenvalue weighted by atomic mass is 10.1. The third kappa shape index (κ3) is 5.63. The molecule has 4 aromatic rings. The molecular formula is C23H26N6O2. The number of H-pyrrole nitrogens is 1. The molecule has 0 aliphatic rings. The Bertz CT molecular complexity index is 1120. The largest absolute Gasteiger partial charge is 0.494 e. The summed E-state index contributed by atoms with van der Waals surface area (Å²) in [5.41, 5.74) is 0. The third-order valence-electron chi connectivity index (χ3n) is 4.75. The number of ether oxygens (including phenoxy) is 1. The standard InChI is InChI=1S/C23H26N6O2/c1-24-23(26-13-11-21-27-22(29-28-21)20-8-4-14-31-20)25-12-5-15-30-19-10-9-17-6-2-3-7-18(17)16-19/h2-4,6-10,14,16H,5,11-13,15H2,1H3,(H2,24,25,26)(H,27,28,29). The summed E-state index contributed by atoms with van der Waals surface area (Å²) in [5, 5.41) is 16.1. The lowest BCUT2D eigenvalue weighted by Crippen LogP contribution is -2.39. The van der Waals surface area contributed by atoms with Gasteiger partial charge in [0.1, 0.15) is 11.6 Å². The minimum absolute atomic E-state index is 0.564. The third-order valence-corrected chi connectivity index (χ3v) is 4.75. The summed E-state index contributed by atoms with van der Waals surface area (Å²) < 4.78 is 11.2. The molecule has 0 unspecified atom stereocenters. The SMILES string of the molecule is CN=C(NCCCOc1ccc2ccccc2c1)NCCc1nc(-c2ccco2)n[nH]1. The maximum Gasteiger partial charge on any atom is 0.216 e. The van der Waals surface area contributed by atoms with Crippen LogP contribution < -0.4 is 15.4 Å². The van der Waals surface area contributed by atoms with Gasteiger partial charge >= 0.3 is 0 Å². The molecule has 0 saturated carbocycles. The number of nitrogens with zero attached hydrogens (tertiary/aromatic N) is 3. The van der Waals surface area contributed by atoms with Crippen molar-refractivity contribution >= 4 is 16.7 Å². The maximum absolute atomic E-state index is 5.87. The summed E-state index contributed by atoms with van der Waals surface area (Å²) >= 11 is 0. The van der Waals surface area contributed by atoms with E-state index in [4.69, 9.17) is 9.15 Å². The Morgan fingerprint density at radius 1 is 1.06 bits per heavy atom. The Morgan fingerprint density at radius 3 is 2.77 bits per heavy atom. The number of hydrogen-bond acceptors (Lipinski definition) is 5. The molecule has 0 aliphatic heterocycles. The van der Waals surface area contributed by atoms with Crippen molar-refractivity contribution in [3.05, 3.63) is 66.7 Å². The van der Waals surface area contributed by atoms with E-state index in [2.05, 4.69) is 55.1 Å². The van der Waals surface area contributed by atoms with E-state index in [1.54, 1.807) is 13.3 Å². The number of aromatic nitrogens is 3. The fraction of sp³-hybridized carbons (Fsp3) is 0.261. The zero-order chi connectivity index (χ0) is 21.3. The van der Waals surface area contributed by atoms with E-state index in [0.29, 0.717) is 31.2 Å². The molecule has 31 heavy (non-hydrogen) atoms. The van der Waals surface area contributed by atoms with Crippen molar-refractivity contribution < 1.29 is 9.15 Å². The van der Waals surface area contributed by atoms with Crippen molar-refractivity contribution in [1.29, 1.82) is 0 Å². The highest BCUT2D eigenvalue weighted by molar-refractivity contribution is 5.83. The van der Waals surface area contributed by atoms with E-state index in [1.165, 1.54) is 10.8 Å². The number of furan rings is 1. The molecule has 0 amide bonds. The monoisotopic (exact) mass is 418 g/mol. The molecule has 2 aromatic heterocycles. The van der Waals surface area contributed by atoms with Crippen molar-refractivity contribution in [2.45, 2.75) is 12.8 Å². The Labute approximate surface area is 180 Å². The average Bonchev–Trinajstić information content (AvgIpc) is 3.49. The zero-order valence-electron chi connectivity index (χ0n) is 17.5. The Kier molecular flexibility index (Phi) is 6.79. The average molecular weight is 419 g/mol. The summed E-state index contributed by atoms with van der Waals surface area (Å²) in [4.78, 5) is 8.68. The number of guanidine groups is 1. The first-order valence-electron chi connectivity index (χ1n) is 10.3. The molecule has 3 N–H and O–H groups in total. The summed E-state index contributed by atoms with van der Waals surface area (Å²) in [7, 11) is 1.75. The molecule has 2 heterocycles. The van der Waals surface area contributed by atoms with Crippen LogP contribution in [0.15, 0.2) is 70.3 Å². The summed E-state index contributed by atoms with van der Waals surface area (Å²) in [6.07, 6.45) is 3.16. The van der Waals surface area contributed by atoms with Crippen LogP contribution in [0.4, 0.5) is 0 Å². The smallest absolute Gasteiger partial charge is 0.216 e. The zero-order valence-corrected chi connectivity index (χ0v) is 17.5. The van der Waals surface area contributed by atoms with Gasteiger partial charge in [-0.15, -0.1) is 0 Å². The molecule has 0 fully saturated rings. The van der Waals surface area contributed by atoms with Crippen LogP contribution in [0.1, 0.15) is 12.2 Å². The first-order valence-corrected chi connectivity index (χ1v) is 10.3. The van der Waals surface area contributed by atoms with E-state index in [9.17, 15) is 0 Å². The van der Waals surface area contributed by atoms with Gasteiger partial charge < -0.3 is 19.8 Å². The predicted molar refractivity (Wildman–Crippen MR) is 121 cm³/mol. The molecule has 8 heteroatoms. The number of fused-ring (bicyclic) bond motifs is 1. The number of hydrogen-bond donors (Lipinski definition) is 3. The van der Waals surface area contributed by atoms with Gasteiger partial charge in [-0.05, 0) is 41.5 Å². The molecule has 0 radical (unpaired) electrons. The first-order chi connectivity index (χ1) is 15.3. The van der Waals surface area contributed by atoms with Gasteiger partial charge in [0.2, 0.25) is 5.82 Å². The molecule has 0 atom stereocenters. The molecule has 0 spiro atoms. The van der Waals surface area contributed by atoms with Gasteiger partial charge in [-0.3, -0.25) is 10.1 Å². The van der Waals surface area contributed by atoms with Crippen LogP contribution in [0.5, 0.6) is 5.75 Å². The van der Waals surface area contributed by atoms with Crippen LogP contribution in [0.2, 0.25) is 0 Å². The first kappa shape index (κ1) is 20.5. The summed E-state index contributed by atoms with van der Waals surface area (Å²) in [6.45, 7) is 2.08. The number of rotatable bonds is 9. The highest BCUT2D eigenvalue weighted by atomic mass is 16.5. The van der Waals surface area contributed by atoms with Crippen LogP contribution in [0.25, 0.3) is 22.4 Å². The molecule has 8 nitrogen and oxygen atoms in total. The molecule has 0 saturated heterocycles. The van der Waals surface area contributed by atoms with Crippen LogP contribution in [-0.2, 0) is 6.42 Å². The summed E-state index contributed by atoms with van der Waals surface area (Å²) in [6, 6.07) is 18.1. The Balaban J connectivity index is 1.13. The second-order valence-corrected chi connectivity index (χ2v) is 6.97. The Hall–Kier alpha value is -3.81. The molecule has 0 aliphatic carbocycles. The van der Waals surface area contributed by atoms with E-state index in [1.807, 2.05) is 30.3 Å². The van der Waals surface area contributed by atoms with Crippen LogP contribution in [0, 0.1) is 0 Å². The lowest BCUT2D eigenvalue weighted by molar-refractivity contribution is 0.311. The molecule has 160 valence electrons. The van der Waals surface area contributed by atoms with Crippen molar-refractivity contribution in [2.24, 2.45) is 4.99 Å². The highest BCUT2D eigenvalue weighted by Crippen LogP contribution is 2.20. The number of aromatic amines is 1. The number of nitrogens with one attached hydrogen (secondary N) is 3. The normalized spacial score (nSPS) is 11.6. The van der Waals surface area contributed by atoms with Gasteiger partial charge in [-0.1, -0.05) is 30.3 Å². The topological polar surface area (TPSA) is 100 Å². The van der Waals surface area contributed by atoms with Gasteiger partial charge in [0.05, 0.1) is 12.9 Å². The minimum Gasteiger partial charge on any atom is -0.494 e. The van der Waals surface area contributed by atoms with E-state index in [0.717, 1.165) is 30.5 Å². The van der Waals surface area contributed by atoms with Gasteiger partial charge in [-0.2, -0.15) is 5.10 Å². The van der Waals surface area contributed by atoms with Gasteiger partial charge in [0.25, 0.3) is 0 Å². The van der Waals surface area contributed by atoms with E-state index in [-0.39, 0.29) is 0 Å². The van der Waals surface area contributed by atoms with Crippen LogP contribution >= 0.6 is 0 Å². The van der Waals surface area contributed by atoms with Gasteiger partial charge in [0, 0.05) is 26.6 Å². The van der Waals surface area contributed by atoms with Gasteiger partial charge in [-0.25, -0.2) is 4.98 Å². The highest BCUT2D eigenvalue weighted by Gasteiger charge is 2.08. The predicted octanol–water partition coefficient (Wildman–Crippen LogP) is 3.39. The molecule has 4 rings (SSSR count).